The van der Waals surface area contributed by atoms with Crippen molar-refractivity contribution in [1.82, 2.24) is 19.6 Å². The van der Waals surface area contributed by atoms with Crippen molar-refractivity contribution < 1.29 is 0 Å². The van der Waals surface area contributed by atoms with Crippen molar-refractivity contribution in [3.63, 3.8) is 0 Å². The maximum absolute atomic E-state index is 4.65. The summed E-state index contributed by atoms with van der Waals surface area (Å²) < 4.78 is 2.21. The predicted molar refractivity (Wildman–Crippen MR) is 77.5 cm³/mol. The molecule has 2 aromatic heterocycles. The Balaban J connectivity index is 1.86. The lowest BCUT2D eigenvalue weighted by molar-refractivity contribution is 0.195. The van der Waals surface area contributed by atoms with E-state index in [1.54, 1.807) is 0 Å². The molecule has 1 N–H and O–H groups in total. The number of hydrogen-bond acceptors (Lipinski definition) is 3. The molecule has 2 aromatic rings. The van der Waals surface area contributed by atoms with Gasteiger partial charge in [-0.3, -0.25) is 4.90 Å². The van der Waals surface area contributed by atoms with Crippen LogP contribution >= 0.6 is 0 Å². The predicted octanol–water partition coefficient (Wildman–Crippen LogP) is 1.52. The zero-order valence-electron chi connectivity index (χ0n) is 11.8. The van der Waals surface area contributed by atoms with E-state index in [1.165, 1.54) is 5.52 Å². The number of pyridine rings is 1. The fourth-order valence-electron chi connectivity index (χ4n) is 2.94. The summed E-state index contributed by atoms with van der Waals surface area (Å²) in [6.07, 6.45) is 4.08. The summed E-state index contributed by atoms with van der Waals surface area (Å²) in [6.45, 7) is 10.1. The highest BCUT2D eigenvalue weighted by Crippen LogP contribution is 2.24. The summed E-state index contributed by atoms with van der Waals surface area (Å²) in [4.78, 5) is 7.18. The minimum atomic E-state index is 0.0606. The van der Waals surface area contributed by atoms with Crippen molar-refractivity contribution in [2.45, 2.75) is 19.3 Å². The number of imidazole rings is 1. The second kappa shape index (κ2) is 4.94. The van der Waals surface area contributed by atoms with Crippen LogP contribution in [0.15, 0.2) is 30.6 Å². The first-order chi connectivity index (χ1) is 9.17. The van der Waals surface area contributed by atoms with E-state index in [9.17, 15) is 0 Å². The highest BCUT2D eigenvalue weighted by atomic mass is 15.2. The number of hydrogen-bond donors (Lipinski definition) is 1. The summed E-state index contributed by atoms with van der Waals surface area (Å²) in [6, 6.07) is 6.24. The van der Waals surface area contributed by atoms with E-state index in [2.05, 4.69) is 57.8 Å². The molecule has 102 valence electrons. The summed E-state index contributed by atoms with van der Waals surface area (Å²) in [5.74, 6) is 1.15. The van der Waals surface area contributed by atoms with Gasteiger partial charge in [0.15, 0.2) is 0 Å². The van der Waals surface area contributed by atoms with E-state index in [-0.39, 0.29) is 5.41 Å². The molecule has 4 heteroatoms. The van der Waals surface area contributed by atoms with Crippen LogP contribution < -0.4 is 5.32 Å². The van der Waals surface area contributed by atoms with E-state index in [0.29, 0.717) is 0 Å². The molecule has 1 aliphatic heterocycles. The Labute approximate surface area is 114 Å². The molecule has 0 unspecified atom stereocenters. The molecule has 0 aromatic carbocycles. The number of rotatable bonds is 3. The van der Waals surface area contributed by atoms with Crippen LogP contribution in [0.1, 0.15) is 19.7 Å². The Morgan fingerprint density at radius 1 is 1.26 bits per heavy atom. The first-order valence-corrected chi connectivity index (χ1v) is 7.02. The van der Waals surface area contributed by atoms with Crippen LogP contribution in [0, 0.1) is 0 Å². The molecule has 0 bridgehead atoms. The van der Waals surface area contributed by atoms with Crippen LogP contribution in [0.4, 0.5) is 0 Å². The smallest absolute Gasteiger partial charge is 0.120 e. The van der Waals surface area contributed by atoms with Gasteiger partial charge in [-0.2, -0.15) is 0 Å². The molecule has 1 saturated heterocycles. The summed E-state index contributed by atoms with van der Waals surface area (Å²) in [7, 11) is 0. The monoisotopic (exact) mass is 258 g/mol. The molecule has 0 saturated carbocycles. The Morgan fingerprint density at radius 3 is 2.84 bits per heavy atom. The highest BCUT2D eigenvalue weighted by Gasteiger charge is 2.28. The molecular weight excluding hydrogens is 236 g/mol. The minimum absolute atomic E-state index is 0.0606. The van der Waals surface area contributed by atoms with Crippen LogP contribution in [-0.2, 0) is 5.41 Å². The van der Waals surface area contributed by atoms with Crippen molar-refractivity contribution >= 4 is 5.52 Å². The van der Waals surface area contributed by atoms with Gasteiger partial charge in [0.25, 0.3) is 0 Å². The molecule has 0 atom stereocenters. The fraction of sp³-hybridized carbons (Fsp3) is 0.533. The van der Waals surface area contributed by atoms with Gasteiger partial charge in [0.2, 0.25) is 0 Å². The lowest BCUT2D eigenvalue weighted by atomic mass is 9.91. The van der Waals surface area contributed by atoms with Gasteiger partial charge in [-0.25, -0.2) is 4.98 Å². The van der Waals surface area contributed by atoms with Crippen LogP contribution in [0.3, 0.4) is 0 Å². The number of nitrogens with zero attached hydrogens (tertiary/aromatic N) is 3. The Bertz CT molecular complexity index is 552. The van der Waals surface area contributed by atoms with Gasteiger partial charge in [-0.15, -0.1) is 0 Å². The van der Waals surface area contributed by atoms with Gasteiger partial charge in [0.05, 0.1) is 11.7 Å². The normalized spacial score (nSPS) is 18.0. The number of nitrogens with one attached hydrogen (secondary N) is 1. The largest absolute Gasteiger partial charge is 0.314 e. The second-order valence-corrected chi connectivity index (χ2v) is 5.99. The number of piperazine rings is 1. The van der Waals surface area contributed by atoms with Crippen molar-refractivity contribution in [3.8, 4) is 0 Å². The molecule has 4 nitrogen and oxygen atoms in total. The van der Waals surface area contributed by atoms with E-state index in [1.807, 2.05) is 6.20 Å². The van der Waals surface area contributed by atoms with Gasteiger partial charge in [0, 0.05) is 44.3 Å². The summed E-state index contributed by atoms with van der Waals surface area (Å²) in [5.41, 5.74) is 1.23. The van der Waals surface area contributed by atoms with Crippen LogP contribution in [0.5, 0.6) is 0 Å². The molecule has 0 aliphatic carbocycles. The zero-order chi connectivity index (χ0) is 13.3. The van der Waals surface area contributed by atoms with E-state index >= 15 is 0 Å². The van der Waals surface area contributed by atoms with Gasteiger partial charge in [0.1, 0.15) is 5.82 Å². The van der Waals surface area contributed by atoms with Gasteiger partial charge in [-0.05, 0) is 12.1 Å². The first-order valence-electron chi connectivity index (χ1n) is 7.02. The average molecular weight is 258 g/mol. The zero-order valence-corrected chi connectivity index (χ0v) is 11.8. The number of fused-ring (bicyclic) bond motifs is 1. The Morgan fingerprint density at radius 2 is 2.05 bits per heavy atom. The maximum Gasteiger partial charge on any atom is 0.120 e. The van der Waals surface area contributed by atoms with E-state index < -0.39 is 0 Å². The van der Waals surface area contributed by atoms with Crippen LogP contribution in [0.2, 0.25) is 0 Å². The molecule has 19 heavy (non-hydrogen) atoms. The standard InChI is InChI=1S/C15H22N4/c1-15(2,12-18-9-6-16-7-10-18)14-17-11-13-5-3-4-8-19(13)14/h3-5,8,11,16H,6-7,9-10,12H2,1-2H3. The molecular formula is C15H22N4. The highest BCUT2D eigenvalue weighted by molar-refractivity contribution is 5.46. The van der Waals surface area contributed by atoms with Crippen molar-refractivity contribution in [1.29, 1.82) is 0 Å². The van der Waals surface area contributed by atoms with Crippen molar-refractivity contribution in [2.24, 2.45) is 0 Å². The number of aromatic nitrogens is 2. The third-order valence-corrected chi connectivity index (χ3v) is 3.87. The molecule has 0 radical (unpaired) electrons. The van der Waals surface area contributed by atoms with Crippen molar-refractivity contribution in [3.05, 3.63) is 36.4 Å². The van der Waals surface area contributed by atoms with E-state index in [4.69, 9.17) is 0 Å². The fourth-order valence-corrected chi connectivity index (χ4v) is 2.94. The molecule has 0 spiro atoms. The molecule has 0 amide bonds. The van der Waals surface area contributed by atoms with Crippen LogP contribution in [-0.4, -0.2) is 47.0 Å². The lowest BCUT2D eigenvalue weighted by Crippen LogP contribution is -2.48. The lowest BCUT2D eigenvalue weighted by Gasteiger charge is -2.34. The van der Waals surface area contributed by atoms with Gasteiger partial charge >= 0.3 is 0 Å². The second-order valence-electron chi connectivity index (χ2n) is 5.99. The molecule has 1 aliphatic rings. The quantitative estimate of drug-likeness (QED) is 0.906. The molecule has 1 fully saturated rings. The van der Waals surface area contributed by atoms with Gasteiger partial charge in [-0.1, -0.05) is 19.9 Å². The molecule has 3 rings (SSSR count). The van der Waals surface area contributed by atoms with Crippen LogP contribution in [0.25, 0.3) is 5.52 Å². The minimum Gasteiger partial charge on any atom is -0.314 e. The maximum atomic E-state index is 4.65. The third-order valence-electron chi connectivity index (χ3n) is 3.87. The first kappa shape index (κ1) is 12.6. The summed E-state index contributed by atoms with van der Waals surface area (Å²) in [5, 5.41) is 3.40. The van der Waals surface area contributed by atoms with Gasteiger partial charge < -0.3 is 9.72 Å². The van der Waals surface area contributed by atoms with E-state index in [0.717, 1.165) is 38.5 Å². The average Bonchev–Trinajstić information content (AvgIpc) is 2.84. The SMILES string of the molecule is CC(C)(CN1CCNCC1)c1ncc2ccccn12. The Hall–Kier alpha value is -1.39. The van der Waals surface area contributed by atoms with Crippen molar-refractivity contribution in [2.75, 3.05) is 32.7 Å². The summed E-state index contributed by atoms with van der Waals surface area (Å²) >= 11 is 0. The Kier molecular flexibility index (Phi) is 3.29. The third kappa shape index (κ3) is 2.51. The molecule has 3 heterocycles. The topological polar surface area (TPSA) is 32.6 Å².